The van der Waals surface area contributed by atoms with Crippen LogP contribution in [0.3, 0.4) is 0 Å². The number of aliphatic imine (C=N–C) groups is 1. The lowest BCUT2D eigenvalue weighted by Gasteiger charge is -2.11. The Morgan fingerprint density at radius 3 is 2.76 bits per heavy atom. The van der Waals surface area contributed by atoms with Gasteiger partial charge in [-0.2, -0.15) is 13.2 Å². The molecule has 0 bridgehead atoms. The van der Waals surface area contributed by atoms with Crippen LogP contribution in [0.25, 0.3) is 0 Å². The van der Waals surface area contributed by atoms with Gasteiger partial charge in [0.15, 0.2) is 5.96 Å². The highest BCUT2D eigenvalue weighted by Crippen LogP contribution is 2.31. The van der Waals surface area contributed by atoms with E-state index in [9.17, 15) is 13.2 Å². The molecule has 5 nitrogen and oxygen atoms in total. The van der Waals surface area contributed by atoms with Gasteiger partial charge in [0.2, 0.25) is 0 Å². The summed E-state index contributed by atoms with van der Waals surface area (Å²) in [5.41, 5.74) is 5.89. The van der Waals surface area contributed by atoms with Gasteiger partial charge in [-0.15, -0.1) is 0 Å². The van der Waals surface area contributed by atoms with E-state index in [-0.39, 0.29) is 18.3 Å². The summed E-state index contributed by atoms with van der Waals surface area (Å²) in [5, 5.41) is 2.84. The number of nitrogens with zero attached hydrogens (tertiary/aromatic N) is 2. The zero-order chi connectivity index (χ0) is 18.1. The lowest BCUT2D eigenvalue weighted by Crippen LogP contribution is -2.35. The second-order valence-electron chi connectivity index (χ2n) is 5.14. The third-order valence-corrected chi connectivity index (χ3v) is 3.21. The summed E-state index contributed by atoms with van der Waals surface area (Å²) < 4.78 is 43.1. The van der Waals surface area contributed by atoms with Crippen molar-refractivity contribution in [3.05, 3.63) is 59.9 Å². The monoisotopic (exact) mass is 352 g/mol. The van der Waals surface area contributed by atoms with Crippen molar-refractivity contribution < 1.29 is 17.9 Å². The maximum atomic E-state index is 12.6. The van der Waals surface area contributed by atoms with Gasteiger partial charge in [0, 0.05) is 24.9 Å². The molecule has 25 heavy (non-hydrogen) atoms. The van der Waals surface area contributed by atoms with Crippen LogP contribution >= 0.6 is 0 Å². The molecule has 0 saturated heterocycles. The summed E-state index contributed by atoms with van der Waals surface area (Å²) in [6.45, 7) is 0.983. The number of alkyl halides is 3. The van der Waals surface area contributed by atoms with Crippen LogP contribution in [-0.2, 0) is 12.6 Å². The fourth-order valence-corrected chi connectivity index (χ4v) is 2.00. The van der Waals surface area contributed by atoms with E-state index in [0.29, 0.717) is 19.5 Å². The molecule has 0 unspecified atom stereocenters. The van der Waals surface area contributed by atoms with Crippen LogP contribution in [-0.4, -0.2) is 30.6 Å². The second-order valence-corrected chi connectivity index (χ2v) is 5.14. The third-order valence-electron chi connectivity index (χ3n) is 3.21. The van der Waals surface area contributed by atoms with Crippen molar-refractivity contribution in [1.29, 1.82) is 0 Å². The predicted octanol–water partition coefficient (Wildman–Crippen LogP) is 2.63. The van der Waals surface area contributed by atoms with Gasteiger partial charge in [0.1, 0.15) is 12.4 Å². The first-order valence-corrected chi connectivity index (χ1v) is 7.69. The number of hydrogen-bond acceptors (Lipinski definition) is 3. The normalized spacial score (nSPS) is 12.0. The summed E-state index contributed by atoms with van der Waals surface area (Å²) in [6, 6.07) is 10.4. The van der Waals surface area contributed by atoms with Crippen LogP contribution in [0.15, 0.2) is 53.7 Å². The summed E-state index contributed by atoms with van der Waals surface area (Å²) in [4.78, 5) is 8.33. The number of guanidine groups is 1. The minimum Gasteiger partial charge on any atom is -0.492 e. The van der Waals surface area contributed by atoms with Gasteiger partial charge in [-0.05, 0) is 30.3 Å². The molecule has 0 saturated carbocycles. The van der Waals surface area contributed by atoms with Gasteiger partial charge < -0.3 is 15.8 Å². The van der Waals surface area contributed by atoms with E-state index < -0.39 is 11.7 Å². The van der Waals surface area contributed by atoms with E-state index in [1.807, 2.05) is 18.2 Å². The number of nitrogens with one attached hydrogen (secondary N) is 1. The molecule has 1 aromatic heterocycles. The van der Waals surface area contributed by atoms with Crippen LogP contribution in [0.2, 0.25) is 0 Å². The zero-order valence-corrected chi connectivity index (χ0v) is 13.5. The van der Waals surface area contributed by atoms with E-state index in [2.05, 4.69) is 15.3 Å². The molecule has 2 rings (SSSR count). The molecule has 0 radical (unpaired) electrons. The molecule has 0 aliphatic carbocycles. The molecule has 1 heterocycles. The largest absolute Gasteiger partial charge is 0.492 e. The molecular weight excluding hydrogens is 333 g/mol. The van der Waals surface area contributed by atoms with Crippen LogP contribution in [0.4, 0.5) is 13.2 Å². The summed E-state index contributed by atoms with van der Waals surface area (Å²) in [7, 11) is 0. The lowest BCUT2D eigenvalue weighted by atomic mass is 10.2. The van der Waals surface area contributed by atoms with Crippen molar-refractivity contribution in [3.63, 3.8) is 0 Å². The van der Waals surface area contributed by atoms with Gasteiger partial charge in [0.05, 0.1) is 12.1 Å². The highest BCUT2D eigenvalue weighted by atomic mass is 19.4. The number of nitrogens with two attached hydrogens (primary N) is 1. The van der Waals surface area contributed by atoms with Crippen LogP contribution in [0.1, 0.15) is 11.3 Å². The fraction of sp³-hybridized carbons (Fsp3) is 0.294. The molecule has 0 aliphatic rings. The number of aromatic nitrogens is 1. The van der Waals surface area contributed by atoms with E-state index in [1.165, 1.54) is 12.1 Å². The number of halogens is 3. The van der Waals surface area contributed by atoms with Crippen molar-refractivity contribution >= 4 is 5.96 Å². The number of ether oxygens (including phenoxy) is 1. The highest BCUT2D eigenvalue weighted by Gasteiger charge is 2.30. The van der Waals surface area contributed by atoms with Gasteiger partial charge >= 0.3 is 6.18 Å². The average Bonchev–Trinajstić information content (AvgIpc) is 2.59. The Hall–Kier alpha value is -2.77. The molecule has 3 N–H and O–H groups in total. The van der Waals surface area contributed by atoms with Crippen LogP contribution in [0.5, 0.6) is 5.75 Å². The van der Waals surface area contributed by atoms with Gasteiger partial charge in [-0.25, -0.2) is 0 Å². The summed E-state index contributed by atoms with van der Waals surface area (Å²) >= 11 is 0. The number of pyridine rings is 1. The van der Waals surface area contributed by atoms with Crippen molar-refractivity contribution in [2.24, 2.45) is 10.7 Å². The Balaban J connectivity index is 1.69. The standard InChI is InChI=1S/C17H19F3N4O/c18-17(19,20)13-4-3-6-15(12-13)25-11-10-24-16(21)23-9-7-14-5-1-2-8-22-14/h1-6,8,12H,7,9-11H2,(H3,21,23,24). The molecule has 0 atom stereocenters. The first-order chi connectivity index (χ1) is 11.9. The minimum absolute atomic E-state index is 0.155. The first kappa shape index (κ1) is 18.6. The van der Waals surface area contributed by atoms with E-state index in [4.69, 9.17) is 10.5 Å². The van der Waals surface area contributed by atoms with Crippen molar-refractivity contribution in [2.45, 2.75) is 12.6 Å². The molecule has 1 aromatic carbocycles. The van der Waals surface area contributed by atoms with Crippen LogP contribution < -0.4 is 15.8 Å². The first-order valence-electron chi connectivity index (χ1n) is 7.69. The topological polar surface area (TPSA) is 72.5 Å². The van der Waals surface area contributed by atoms with Crippen molar-refractivity contribution in [1.82, 2.24) is 10.3 Å². The molecule has 0 fully saturated rings. The molecule has 2 aromatic rings. The maximum absolute atomic E-state index is 12.6. The fourth-order valence-electron chi connectivity index (χ4n) is 2.00. The van der Waals surface area contributed by atoms with Crippen molar-refractivity contribution in [3.8, 4) is 5.75 Å². The predicted molar refractivity (Wildman–Crippen MR) is 89.4 cm³/mol. The summed E-state index contributed by atoms with van der Waals surface area (Å²) in [6.07, 6.45) is -2.00. The van der Waals surface area contributed by atoms with Gasteiger partial charge in [-0.3, -0.25) is 9.98 Å². The Kier molecular flexibility index (Phi) is 6.62. The molecule has 0 spiro atoms. The Bertz CT molecular complexity index is 690. The molecule has 0 aliphatic heterocycles. The number of rotatable bonds is 7. The molecular formula is C17H19F3N4O. The van der Waals surface area contributed by atoms with Gasteiger partial charge in [0.25, 0.3) is 0 Å². The van der Waals surface area contributed by atoms with E-state index in [0.717, 1.165) is 17.8 Å². The second kappa shape index (κ2) is 8.91. The highest BCUT2D eigenvalue weighted by molar-refractivity contribution is 5.77. The average molecular weight is 352 g/mol. The maximum Gasteiger partial charge on any atom is 0.416 e. The van der Waals surface area contributed by atoms with E-state index in [1.54, 1.807) is 6.20 Å². The van der Waals surface area contributed by atoms with Gasteiger partial charge in [-0.1, -0.05) is 12.1 Å². The van der Waals surface area contributed by atoms with E-state index >= 15 is 0 Å². The molecule has 134 valence electrons. The molecule has 0 amide bonds. The quantitative estimate of drug-likeness (QED) is 0.456. The Labute approximate surface area is 143 Å². The Morgan fingerprint density at radius 1 is 1.20 bits per heavy atom. The zero-order valence-electron chi connectivity index (χ0n) is 13.5. The number of hydrogen-bond donors (Lipinski definition) is 2. The smallest absolute Gasteiger partial charge is 0.416 e. The number of benzene rings is 1. The van der Waals surface area contributed by atoms with Crippen LogP contribution in [0, 0.1) is 0 Å². The van der Waals surface area contributed by atoms with Crippen molar-refractivity contribution in [2.75, 3.05) is 19.7 Å². The third kappa shape index (κ3) is 6.70. The summed E-state index contributed by atoms with van der Waals surface area (Å²) in [5.74, 6) is 0.408. The Morgan fingerprint density at radius 2 is 2.04 bits per heavy atom. The lowest BCUT2D eigenvalue weighted by molar-refractivity contribution is -0.137. The SMILES string of the molecule is NC(=NCCc1ccccn1)NCCOc1cccc(C(F)(F)F)c1. The molecule has 8 heteroatoms. The minimum atomic E-state index is -4.39.